The van der Waals surface area contributed by atoms with Crippen molar-refractivity contribution in [3.63, 3.8) is 0 Å². The first-order valence-corrected chi connectivity index (χ1v) is 6.72. The minimum absolute atomic E-state index is 0.0539. The fourth-order valence-corrected chi connectivity index (χ4v) is 1.86. The normalized spacial score (nSPS) is 10.7. The van der Waals surface area contributed by atoms with Crippen molar-refractivity contribution in [3.05, 3.63) is 59.9 Å². The van der Waals surface area contributed by atoms with Gasteiger partial charge in [0.05, 0.1) is 0 Å². The summed E-state index contributed by atoms with van der Waals surface area (Å²) in [6.45, 7) is 4.60. The Bertz CT molecular complexity index is 598. The maximum atomic E-state index is 10.9. The Kier molecular flexibility index (Phi) is 4.66. The molecule has 2 rings (SSSR count). The smallest absolute Gasteiger partial charge is 0.221 e. The Morgan fingerprint density at radius 1 is 1.05 bits per heavy atom. The summed E-state index contributed by atoms with van der Waals surface area (Å²) in [5.74, 6) is -0.0539. The van der Waals surface area contributed by atoms with Crippen LogP contribution in [0.1, 0.15) is 25.0 Å². The van der Waals surface area contributed by atoms with Crippen LogP contribution in [-0.4, -0.2) is 5.91 Å². The Hall–Kier alpha value is -2.42. The molecule has 0 saturated heterocycles. The van der Waals surface area contributed by atoms with Gasteiger partial charge in [-0.3, -0.25) is 4.79 Å². The largest absolute Gasteiger partial charge is 0.326 e. The fraction of sp³-hybridized carbons (Fsp3) is 0.176. The minimum Gasteiger partial charge on any atom is -0.326 e. The van der Waals surface area contributed by atoms with Crippen molar-refractivity contribution in [2.75, 3.05) is 5.32 Å². The number of anilines is 1. The average molecular weight is 267 g/mol. The topological polar surface area (TPSA) is 33.0 Å². The van der Waals surface area contributed by atoms with Gasteiger partial charge in [0.15, 0.2) is 12.4 Å². The summed E-state index contributed by atoms with van der Waals surface area (Å²) in [5, 5.41) is 2.75. The molecule has 0 atom stereocenters. The standard InChI is InChI=1S/C17H18N2O/c1-3-19-12-10-16(11-13-19)5-4-15-6-8-17(9-7-15)18-14(2)20/h4-13H,3H2,1-2H3/p+1. The summed E-state index contributed by atoms with van der Waals surface area (Å²) in [5.41, 5.74) is 3.09. The fourth-order valence-electron chi connectivity index (χ4n) is 1.86. The van der Waals surface area contributed by atoms with Gasteiger partial charge in [-0.1, -0.05) is 24.3 Å². The van der Waals surface area contributed by atoms with Crippen LogP contribution in [0.15, 0.2) is 48.8 Å². The second kappa shape index (κ2) is 6.66. The lowest BCUT2D eigenvalue weighted by molar-refractivity contribution is -0.693. The van der Waals surface area contributed by atoms with E-state index in [2.05, 4.69) is 53.5 Å². The monoisotopic (exact) mass is 267 g/mol. The van der Waals surface area contributed by atoms with E-state index >= 15 is 0 Å². The van der Waals surface area contributed by atoms with Crippen molar-refractivity contribution in [1.29, 1.82) is 0 Å². The number of hydrogen-bond donors (Lipinski definition) is 1. The van der Waals surface area contributed by atoms with Crippen molar-refractivity contribution in [2.24, 2.45) is 0 Å². The number of aromatic nitrogens is 1. The molecule has 0 bridgehead atoms. The van der Waals surface area contributed by atoms with Crippen molar-refractivity contribution in [1.82, 2.24) is 0 Å². The molecule has 0 fully saturated rings. The van der Waals surface area contributed by atoms with E-state index in [9.17, 15) is 4.79 Å². The lowest BCUT2D eigenvalue weighted by atomic mass is 10.1. The van der Waals surface area contributed by atoms with Gasteiger partial charge in [-0.25, -0.2) is 4.57 Å². The van der Waals surface area contributed by atoms with E-state index in [1.807, 2.05) is 24.3 Å². The third-order valence-electron chi connectivity index (χ3n) is 2.98. The summed E-state index contributed by atoms with van der Waals surface area (Å²) in [7, 11) is 0. The second-order valence-corrected chi connectivity index (χ2v) is 4.60. The molecule has 0 radical (unpaired) electrons. The summed E-state index contributed by atoms with van der Waals surface area (Å²) < 4.78 is 2.12. The average Bonchev–Trinajstić information content (AvgIpc) is 2.46. The Labute approximate surface area is 119 Å². The summed E-state index contributed by atoms with van der Waals surface area (Å²) in [6, 6.07) is 11.9. The molecule has 0 saturated carbocycles. The third kappa shape index (κ3) is 4.05. The highest BCUT2D eigenvalue weighted by atomic mass is 16.1. The second-order valence-electron chi connectivity index (χ2n) is 4.60. The van der Waals surface area contributed by atoms with E-state index in [0.717, 1.165) is 17.8 Å². The number of hydrogen-bond acceptors (Lipinski definition) is 1. The van der Waals surface area contributed by atoms with E-state index in [1.54, 1.807) is 0 Å². The van der Waals surface area contributed by atoms with E-state index in [1.165, 1.54) is 12.5 Å². The van der Waals surface area contributed by atoms with Crippen LogP contribution in [-0.2, 0) is 11.3 Å². The highest BCUT2D eigenvalue weighted by Gasteiger charge is 1.96. The van der Waals surface area contributed by atoms with Crippen molar-refractivity contribution in [2.45, 2.75) is 20.4 Å². The van der Waals surface area contributed by atoms with E-state index < -0.39 is 0 Å². The third-order valence-corrected chi connectivity index (χ3v) is 2.98. The lowest BCUT2D eigenvalue weighted by Crippen LogP contribution is -2.30. The predicted molar refractivity (Wildman–Crippen MR) is 82.0 cm³/mol. The van der Waals surface area contributed by atoms with Crippen LogP contribution in [0.3, 0.4) is 0 Å². The molecular weight excluding hydrogens is 248 g/mol. The Balaban J connectivity index is 2.04. The number of nitrogens with one attached hydrogen (secondary N) is 1. The van der Waals surface area contributed by atoms with Gasteiger partial charge in [0.1, 0.15) is 6.54 Å². The van der Waals surface area contributed by atoms with Gasteiger partial charge in [-0.15, -0.1) is 0 Å². The van der Waals surface area contributed by atoms with Crippen molar-refractivity contribution in [3.8, 4) is 0 Å². The SMILES string of the molecule is CC[n+]1ccc(/C=C\c2ccc(NC(C)=O)cc2)cc1. The molecule has 2 aromatic rings. The summed E-state index contributed by atoms with van der Waals surface area (Å²) in [4.78, 5) is 10.9. The van der Waals surface area contributed by atoms with Crippen LogP contribution in [0.25, 0.3) is 12.2 Å². The zero-order valence-electron chi connectivity index (χ0n) is 11.8. The molecule has 1 amide bonds. The number of pyridine rings is 1. The van der Waals surface area contributed by atoms with Crippen LogP contribution in [0.4, 0.5) is 5.69 Å². The first-order chi connectivity index (χ1) is 9.67. The maximum Gasteiger partial charge on any atom is 0.221 e. The molecule has 0 unspecified atom stereocenters. The molecule has 3 nitrogen and oxygen atoms in total. The molecule has 0 aliphatic rings. The molecule has 1 aromatic carbocycles. The van der Waals surface area contributed by atoms with E-state index in [-0.39, 0.29) is 5.91 Å². The highest BCUT2D eigenvalue weighted by molar-refractivity contribution is 5.88. The van der Waals surface area contributed by atoms with Gasteiger partial charge in [0, 0.05) is 24.7 Å². The zero-order valence-corrected chi connectivity index (χ0v) is 11.8. The minimum atomic E-state index is -0.0539. The molecule has 1 heterocycles. The molecule has 102 valence electrons. The Morgan fingerprint density at radius 2 is 1.60 bits per heavy atom. The first-order valence-electron chi connectivity index (χ1n) is 6.72. The van der Waals surface area contributed by atoms with E-state index in [0.29, 0.717) is 0 Å². The molecule has 0 aliphatic heterocycles. The van der Waals surface area contributed by atoms with Gasteiger partial charge in [0.25, 0.3) is 0 Å². The number of benzene rings is 1. The number of rotatable bonds is 4. The van der Waals surface area contributed by atoms with Crippen LogP contribution in [0, 0.1) is 0 Å². The molecule has 1 N–H and O–H groups in total. The van der Waals surface area contributed by atoms with Crippen LogP contribution >= 0.6 is 0 Å². The van der Waals surface area contributed by atoms with Gasteiger partial charge in [-0.05, 0) is 30.2 Å². The maximum absolute atomic E-state index is 10.9. The number of nitrogens with zero attached hydrogens (tertiary/aromatic N) is 1. The van der Waals surface area contributed by atoms with Crippen molar-refractivity contribution < 1.29 is 9.36 Å². The predicted octanol–water partition coefficient (Wildman–Crippen LogP) is 3.12. The van der Waals surface area contributed by atoms with Gasteiger partial charge in [0.2, 0.25) is 5.91 Å². The first kappa shape index (κ1) is 14.0. The van der Waals surface area contributed by atoms with Crippen molar-refractivity contribution >= 4 is 23.7 Å². The molecular formula is C17H19N2O+. The summed E-state index contributed by atoms with van der Waals surface area (Å²) >= 11 is 0. The number of carbonyl (C=O) groups is 1. The quantitative estimate of drug-likeness (QED) is 0.848. The van der Waals surface area contributed by atoms with Crippen LogP contribution in [0.2, 0.25) is 0 Å². The van der Waals surface area contributed by atoms with Gasteiger partial charge in [-0.2, -0.15) is 0 Å². The lowest BCUT2D eigenvalue weighted by Gasteiger charge is -2.01. The Morgan fingerprint density at radius 3 is 2.10 bits per heavy atom. The van der Waals surface area contributed by atoms with Gasteiger partial charge < -0.3 is 5.32 Å². The molecule has 1 aromatic heterocycles. The number of aryl methyl sites for hydroxylation is 1. The molecule has 0 spiro atoms. The molecule has 0 aliphatic carbocycles. The van der Waals surface area contributed by atoms with Crippen LogP contribution in [0.5, 0.6) is 0 Å². The van der Waals surface area contributed by atoms with Crippen LogP contribution < -0.4 is 9.88 Å². The van der Waals surface area contributed by atoms with E-state index in [4.69, 9.17) is 0 Å². The zero-order chi connectivity index (χ0) is 14.4. The molecule has 3 heteroatoms. The highest BCUT2D eigenvalue weighted by Crippen LogP contribution is 2.12. The number of carbonyl (C=O) groups excluding carboxylic acids is 1. The molecule has 20 heavy (non-hydrogen) atoms. The summed E-state index contributed by atoms with van der Waals surface area (Å²) in [6.07, 6.45) is 8.27. The number of amides is 1. The van der Waals surface area contributed by atoms with Gasteiger partial charge >= 0.3 is 0 Å².